The van der Waals surface area contributed by atoms with Crippen LogP contribution < -0.4 is 5.73 Å². The quantitative estimate of drug-likeness (QED) is 0.250. The number of oxime groups is 1. The van der Waals surface area contributed by atoms with Crippen LogP contribution in [0.5, 0.6) is 0 Å². The summed E-state index contributed by atoms with van der Waals surface area (Å²) in [6.07, 6.45) is 4.88. The van der Waals surface area contributed by atoms with Crippen LogP contribution in [0.4, 0.5) is 0 Å². The third-order valence-corrected chi connectivity index (χ3v) is 0.664. The van der Waals surface area contributed by atoms with Crippen molar-refractivity contribution in [1.82, 2.24) is 0 Å². The summed E-state index contributed by atoms with van der Waals surface area (Å²) in [6.45, 7) is 2.39. The maximum atomic E-state index is 5.19. The molecule has 0 fully saturated rings. The highest BCUT2D eigenvalue weighted by molar-refractivity contribution is 5.83. The Hall–Kier alpha value is -1.01. The predicted octanol–water partition coefficient (Wildman–Crippen LogP) is -0.0292. The van der Waals surface area contributed by atoms with Crippen molar-refractivity contribution in [2.45, 2.75) is 6.92 Å². The van der Waals surface area contributed by atoms with Crippen molar-refractivity contribution >= 4 is 5.71 Å². The molecule has 9 heavy (non-hydrogen) atoms. The first kappa shape index (κ1) is 7.99. The Morgan fingerprint density at radius 1 is 1.89 bits per heavy atom. The Morgan fingerprint density at radius 3 is 3.00 bits per heavy atom. The van der Waals surface area contributed by atoms with E-state index >= 15 is 0 Å². The van der Waals surface area contributed by atoms with Crippen molar-refractivity contribution in [1.29, 1.82) is 0 Å². The molecule has 0 aliphatic heterocycles. The van der Waals surface area contributed by atoms with Gasteiger partial charge >= 0.3 is 0 Å². The van der Waals surface area contributed by atoms with Crippen LogP contribution in [0.25, 0.3) is 0 Å². The van der Waals surface area contributed by atoms with E-state index in [1.165, 1.54) is 0 Å². The molecule has 0 rings (SSSR count). The summed E-state index contributed by atoms with van der Waals surface area (Å²) in [5, 5.41) is 3.58. The Balaban J connectivity index is 3.35. The third kappa shape index (κ3) is 4.85. The van der Waals surface area contributed by atoms with Crippen LogP contribution in [0.3, 0.4) is 0 Å². The zero-order valence-electron chi connectivity index (χ0n) is 5.42. The third-order valence-electron chi connectivity index (χ3n) is 0.664. The fraction of sp³-hybridized carbons (Fsp3) is 0.500. The molecule has 0 unspecified atom stereocenters. The molecule has 0 aromatic heterocycles. The fourth-order valence-electron chi connectivity index (χ4n) is 0.217. The Kier molecular flexibility index (Phi) is 4.56. The van der Waals surface area contributed by atoms with Crippen LogP contribution in [0, 0.1) is 12.3 Å². The summed E-state index contributed by atoms with van der Waals surface area (Å²) in [7, 11) is 0. The molecule has 0 aromatic carbocycles. The van der Waals surface area contributed by atoms with Gasteiger partial charge in [0.15, 0.2) is 6.61 Å². The molecule has 0 bridgehead atoms. The Bertz CT molecular complexity index is 134. The normalized spacial score (nSPS) is 10.6. The minimum absolute atomic E-state index is 0.206. The Labute approximate surface area is 54.9 Å². The molecule has 3 heteroatoms. The zero-order valence-corrected chi connectivity index (χ0v) is 5.42. The maximum absolute atomic E-state index is 5.19. The zero-order chi connectivity index (χ0) is 7.11. The van der Waals surface area contributed by atoms with Gasteiger partial charge in [0.05, 0.1) is 5.71 Å². The molecule has 0 aliphatic rings. The van der Waals surface area contributed by atoms with Gasteiger partial charge in [0, 0.05) is 6.54 Å². The molecule has 3 nitrogen and oxygen atoms in total. The van der Waals surface area contributed by atoms with E-state index in [-0.39, 0.29) is 6.61 Å². The van der Waals surface area contributed by atoms with E-state index in [0.717, 1.165) is 5.71 Å². The Morgan fingerprint density at radius 2 is 2.56 bits per heavy atom. The van der Waals surface area contributed by atoms with E-state index in [1.807, 2.05) is 0 Å². The molecular weight excluding hydrogens is 116 g/mol. The largest absolute Gasteiger partial charge is 0.383 e. The van der Waals surface area contributed by atoms with Gasteiger partial charge in [-0.05, 0) is 6.92 Å². The van der Waals surface area contributed by atoms with Crippen LogP contribution >= 0.6 is 0 Å². The summed E-state index contributed by atoms with van der Waals surface area (Å²) < 4.78 is 0. The highest BCUT2D eigenvalue weighted by atomic mass is 16.6. The van der Waals surface area contributed by atoms with Crippen molar-refractivity contribution in [3.63, 3.8) is 0 Å². The highest BCUT2D eigenvalue weighted by Crippen LogP contribution is 1.76. The standard InChI is InChI=1S/C6H10N2O/c1-3-4-9-8-6(2)5-7/h1H,4-5,7H2,2H3. The molecule has 0 spiro atoms. The van der Waals surface area contributed by atoms with Gasteiger partial charge in [0.1, 0.15) is 0 Å². The summed E-state index contributed by atoms with van der Waals surface area (Å²) in [5.41, 5.74) is 5.93. The molecule has 0 aromatic rings. The van der Waals surface area contributed by atoms with E-state index in [0.29, 0.717) is 6.54 Å². The van der Waals surface area contributed by atoms with Crippen molar-refractivity contribution in [2.75, 3.05) is 13.2 Å². The van der Waals surface area contributed by atoms with Crippen molar-refractivity contribution in [2.24, 2.45) is 10.9 Å². The minimum atomic E-state index is 0.206. The molecular formula is C6H10N2O. The average molecular weight is 126 g/mol. The van der Waals surface area contributed by atoms with Crippen LogP contribution in [0.1, 0.15) is 6.92 Å². The second kappa shape index (κ2) is 5.13. The number of nitrogens with two attached hydrogens (primary N) is 1. The topological polar surface area (TPSA) is 47.6 Å². The molecule has 0 saturated heterocycles. The second-order valence-electron chi connectivity index (χ2n) is 1.51. The number of terminal acetylenes is 1. The van der Waals surface area contributed by atoms with Gasteiger partial charge in [-0.2, -0.15) is 0 Å². The predicted molar refractivity (Wildman–Crippen MR) is 36.9 cm³/mol. The lowest BCUT2D eigenvalue weighted by molar-refractivity contribution is 0.179. The highest BCUT2D eigenvalue weighted by Gasteiger charge is 1.82. The fourth-order valence-corrected chi connectivity index (χ4v) is 0.217. The van der Waals surface area contributed by atoms with Crippen molar-refractivity contribution in [3.8, 4) is 12.3 Å². The van der Waals surface area contributed by atoms with Gasteiger partial charge in [0.25, 0.3) is 0 Å². The van der Waals surface area contributed by atoms with Gasteiger partial charge in [0.2, 0.25) is 0 Å². The number of nitrogens with zero attached hydrogens (tertiary/aromatic N) is 1. The number of hydrogen-bond donors (Lipinski definition) is 1. The van der Waals surface area contributed by atoms with E-state index in [9.17, 15) is 0 Å². The van der Waals surface area contributed by atoms with Crippen LogP contribution in [-0.4, -0.2) is 18.9 Å². The smallest absolute Gasteiger partial charge is 0.177 e. The van der Waals surface area contributed by atoms with Crippen LogP contribution in [-0.2, 0) is 4.84 Å². The van der Waals surface area contributed by atoms with Crippen molar-refractivity contribution < 1.29 is 4.84 Å². The van der Waals surface area contributed by atoms with Crippen LogP contribution in [0.2, 0.25) is 0 Å². The minimum Gasteiger partial charge on any atom is -0.383 e. The second-order valence-corrected chi connectivity index (χ2v) is 1.51. The first-order valence-electron chi connectivity index (χ1n) is 2.60. The number of rotatable bonds is 3. The summed E-state index contributed by atoms with van der Waals surface area (Å²) in [5.74, 6) is 2.28. The van der Waals surface area contributed by atoms with Crippen molar-refractivity contribution in [3.05, 3.63) is 0 Å². The molecule has 0 heterocycles. The molecule has 0 atom stereocenters. The summed E-state index contributed by atoms with van der Waals surface area (Å²) >= 11 is 0. The van der Waals surface area contributed by atoms with Gasteiger partial charge in [-0.15, -0.1) is 6.42 Å². The first-order valence-corrected chi connectivity index (χ1v) is 2.60. The monoisotopic (exact) mass is 126 g/mol. The SMILES string of the molecule is C#CCON=C(C)CN. The first-order chi connectivity index (χ1) is 4.31. The van der Waals surface area contributed by atoms with Gasteiger partial charge in [-0.1, -0.05) is 11.1 Å². The molecule has 0 radical (unpaired) electrons. The maximum Gasteiger partial charge on any atom is 0.177 e. The molecule has 2 N–H and O–H groups in total. The van der Waals surface area contributed by atoms with E-state index < -0.39 is 0 Å². The molecule has 0 saturated carbocycles. The molecule has 50 valence electrons. The molecule has 0 aliphatic carbocycles. The van der Waals surface area contributed by atoms with Gasteiger partial charge in [-0.25, -0.2) is 0 Å². The lowest BCUT2D eigenvalue weighted by atomic mass is 10.4. The summed E-state index contributed by atoms with van der Waals surface area (Å²) in [6, 6.07) is 0. The molecule has 0 amide bonds. The average Bonchev–Trinajstić information content (AvgIpc) is 1.89. The number of hydrogen-bond acceptors (Lipinski definition) is 3. The lowest BCUT2D eigenvalue weighted by Gasteiger charge is -1.92. The summed E-state index contributed by atoms with van der Waals surface area (Å²) in [4.78, 5) is 4.61. The van der Waals surface area contributed by atoms with E-state index in [4.69, 9.17) is 12.2 Å². The van der Waals surface area contributed by atoms with E-state index in [2.05, 4.69) is 15.9 Å². The van der Waals surface area contributed by atoms with Gasteiger partial charge in [-0.3, -0.25) is 0 Å². The van der Waals surface area contributed by atoms with Crippen LogP contribution in [0.15, 0.2) is 5.16 Å². The van der Waals surface area contributed by atoms with E-state index in [1.54, 1.807) is 6.92 Å². The van der Waals surface area contributed by atoms with Gasteiger partial charge < -0.3 is 10.6 Å². The lowest BCUT2D eigenvalue weighted by Crippen LogP contribution is -2.09.